The van der Waals surface area contributed by atoms with Crippen LogP contribution in [0.25, 0.3) is 0 Å². The van der Waals surface area contributed by atoms with Gasteiger partial charge in [0.2, 0.25) is 0 Å². The van der Waals surface area contributed by atoms with Crippen LogP contribution < -0.4 is 10.5 Å². The third-order valence-electron chi connectivity index (χ3n) is 2.87. The van der Waals surface area contributed by atoms with Gasteiger partial charge in [0.1, 0.15) is 5.75 Å². The summed E-state index contributed by atoms with van der Waals surface area (Å²) in [7, 11) is -3.20. The van der Waals surface area contributed by atoms with Crippen molar-refractivity contribution >= 4 is 15.5 Å². The Kier molecular flexibility index (Phi) is 4.29. The fourth-order valence-corrected chi connectivity index (χ4v) is 2.42. The summed E-state index contributed by atoms with van der Waals surface area (Å²) in [6, 6.07) is 14.1. The molecule has 0 saturated heterocycles. The number of nitrogen functional groups attached to an aromatic ring is 1. The molecule has 0 bridgehead atoms. The molecule has 0 aliphatic heterocycles. The normalized spacial score (nSPS) is 11.2. The highest BCUT2D eigenvalue weighted by molar-refractivity contribution is 7.90. The topological polar surface area (TPSA) is 69.4 Å². The predicted molar refractivity (Wildman–Crippen MR) is 79.6 cm³/mol. The number of ether oxygens (including phenoxy) is 1. The maximum absolute atomic E-state index is 11.4. The van der Waals surface area contributed by atoms with Gasteiger partial charge in [0, 0.05) is 18.4 Å². The molecule has 2 aromatic carbocycles. The number of nitrogens with two attached hydrogens (primary N) is 1. The van der Waals surface area contributed by atoms with E-state index in [9.17, 15) is 8.42 Å². The molecule has 4 nitrogen and oxygen atoms in total. The van der Waals surface area contributed by atoms with E-state index in [1.807, 2.05) is 24.3 Å². The SMILES string of the molecule is CS(=O)(=O)c1cccc(OCCc2ccc(N)cc2)c1. The second kappa shape index (κ2) is 5.96. The van der Waals surface area contributed by atoms with Crippen LogP contribution in [-0.4, -0.2) is 21.3 Å². The van der Waals surface area contributed by atoms with Gasteiger partial charge < -0.3 is 10.5 Å². The smallest absolute Gasteiger partial charge is 0.175 e. The van der Waals surface area contributed by atoms with Crippen LogP contribution in [0.3, 0.4) is 0 Å². The third kappa shape index (κ3) is 3.99. The second-order valence-corrected chi connectivity index (χ2v) is 6.60. The Morgan fingerprint density at radius 1 is 1.10 bits per heavy atom. The molecule has 2 rings (SSSR count). The summed E-state index contributed by atoms with van der Waals surface area (Å²) in [5.41, 5.74) is 7.47. The summed E-state index contributed by atoms with van der Waals surface area (Å²) >= 11 is 0. The lowest BCUT2D eigenvalue weighted by Gasteiger charge is -2.07. The lowest BCUT2D eigenvalue weighted by Crippen LogP contribution is -2.03. The summed E-state index contributed by atoms with van der Waals surface area (Å²) in [4.78, 5) is 0.266. The molecule has 0 aliphatic carbocycles. The lowest BCUT2D eigenvalue weighted by molar-refractivity contribution is 0.321. The van der Waals surface area contributed by atoms with Crippen LogP contribution in [0.1, 0.15) is 5.56 Å². The van der Waals surface area contributed by atoms with Crippen molar-refractivity contribution in [3.8, 4) is 5.75 Å². The lowest BCUT2D eigenvalue weighted by atomic mass is 10.1. The van der Waals surface area contributed by atoms with Crippen molar-refractivity contribution in [2.75, 3.05) is 18.6 Å². The first-order valence-corrected chi connectivity index (χ1v) is 8.11. The summed E-state index contributed by atoms with van der Waals surface area (Å²) in [6.07, 6.45) is 1.92. The van der Waals surface area contributed by atoms with E-state index in [1.165, 1.54) is 12.3 Å². The van der Waals surface area contributed by atoms with Crippen LogP contribution in [0.5, 0.6) is 5.75 Å². The van der Waals surface area contributed by atoms with Gasteiger partial charge >= 0.3 is 0 Å². The van der Waals surface area contributed by atoms with Gasteiger partial charge in [-0.2, -0.15) is 0 Å². The van der Waals surface area contributed by atoms with Crippen LogP contribution in [0.15, 0.2) is 53.4 Å². The first-order chi connectivity index (χ1) is 9.45. The summed E-state index contributed by atoms with van der Waals surface area (Å²) in [5, 5.41) is 0. The molecule has 0 aromatic heterocycles. The Bertz CT molecular complexity index is 679. The van der Waals surface area contributed by atoms with Crippen molar-refractivity contribution in [3.05, 3.63) is 54.1 Å². The van der Waals surface area contributed by atoms with Gasteiger partial charge in [-0.1, -0.05) is 18.2 Å². The van der Waals surface area contributed by atoms with E-state index < -0.39 is 9.84 Å². The van der Waals surface area contributed by atoms with Gasteiger partial charge in [0.15, 0.2) is 9.84 Å². The van der Waals surface area contributed by atoms with Gasteiger partial charge in [-0.05, 0) is 35.9 Å². The highest BCUT2D eigenvalue weighted by Gasteiger charge is 2.07. The van der Waals surface area contributed by atoms with Crippen LogP contribution in [-0.2, 0) is 16.3 Å². The molecule has 2 aromatic rings. The monoisotopic (exact) mass is 291 g/mol. The van der Waals surface area contributed by atoms with E-state index in [0.717, 1.165) is 17.7 Å². The number of benzene rings is 2. The third-order valence-corrected chi connectivity index (χ3v) is 3.98. The second-order valence-electron chi connectivity index (χ2n) is 4.59. The fourth-order valence-electron chi connectivity index (χ4n) is 1.77. The number of sulfone groups is 1. The minimum Gasteiger partial charge on any atom is -0.493 e. The molecule has 0 saturated carbocycles. The summed E-state index contributed by atoms with van der Waals surface area (Å²) < 4.78 is 28.5. The molecule has 5 heteroatoms. The van der Waals surface area contributed by atoms with Gasteiger partial charge in [-0.25, -0.2) is 8.42 Å². The molecule has 0 spiro atoms. The van der Waals surface area contributed by atoms with Crippen molar-refractivity contribution in [1.29, 1.82) is 0 Å². The fraction of sp³-hybridized carbons (Fsp3) is 0.200. The van der Waals surface area contributed by atoms with Crippen molar-refractivity contribution in [1.82, 2.24) is 0 Å². The molecule has 20 heavy (non-hydrogen) atoms. The van der Waals surface area contributed by atoms with Crippen LogP contribution in [0.2, 0.25) is 0 Å². The zero-order valence-electron chi connectivity index (χ0n) is 11.2. The largest absolute Gasteiger partial charge is 0.493 e. The maximum Gasteiger partial charge on any atom is 0.175 e. The molecule has 0 heterocycles. The summed E-state index contributed by atoms with van der Waals surface area (Å²) in [6.45, 7) is 0.483. The number of anilines is 1. The summed E-state index contributed by atoms with van der Waals surface area (Å²) in [5.74, 6) is 0.559. The highest BCUT2D eigenvalue weighted by atomic mass is 32.2. The van der Waals surface area contributed by atoms with E-state index >= 15 is 0 Å². The van der Waals surface area contributed by atoms with Gasteiger partial charge in [-0.15, -0.1) is 0 Å². The van der Waals surface area contributed by atoms with E-state index in [0.29, 0.717) is 12.4 Å². The Hall–Kier alpha value is -2.01. The Morgan fingerprint density at radius 3 is 2.45 bits per heavy atom. The maximum atomic E-state index is 11.4. The Labute approximate surface area is 119 Å². The van der Waals surface area contributed by atoms with Crippen LogP contribution in [0.4, 0.5) is 5.69 Å². The molecule has 0 unspecified atom stereocenters. The van der Waals surface area contributed by atoms with E-state index in [1.54, 1.807) is 18.2 Å². The quantitative estimate of drug-likeness (QED) is 0.858. The molecule has 0 fully saturated rings. The molecular weight excluding hydrogens is 274 g/mol. The number of rotatable bonds is 5. The van der Waals surface area contributed by atoms with Crippen molar-refractivity contribution in [2.45, 2.75) is 11.3 Å². The molecule has 0 radical (unpaired) electrons. The van der Waals surface area contributed by atoms with E-state index in [4.69, 9.17) is 10.5 Å². The number of hydrogen-bond acceptors (Lipinski definition) is 4. The zero-order chi connectivity index (χ0) is 14.6. The molecule has 0 aliphatic rings. The Morgan fingerprint density at radius 2 is 1.80 bits per heavy atom. The molecule has 0 atom stereocenters. The number of hydrogen-bond donors (Lipinski definition) is 1. The minimum absolute atomic E-state index is 0.266. The first-order valence-electron chi connectivity index (χ1n) is 6.22. The highest BCUT2D eigenvalue weighted by Crippen LogP contribution is 2.17. The average Bonchev–Trinajstić information content (AvgIpc) is 2.40. The first kappa shape index (κ1) is 14.4. The van der Waals surface area contributed by atoms with Crippen LogP contribution in [0, 0.1) is 0 Å². The van der Waals surface area contributed by atoms with Crippen molar-refractivity contribution < 1.29 is 13.2 Å². The Balaban J connectivity index is 1.96. The molecule has 0 amide bonds. The van der Waals surface area contributed by atoms with Crippen molar-refractivity contribution in [2.24, 2.45) is 0 Å². The zero-order valence-corrected chi connectivity index (χ0v) is 12.1. The van der Waals surface area contributed by atoms with Crippen molar-refractivity contribution in [3.63, 3.8) is 0 Å². The predicted octanol–water partition coefficient (Wildman–Crippen LogP) is 2.29. The molecular formula is C15H17NO3S. The van der Waals surface area contributed by atoms with Gasteiger partial charge in [-0.3, -0.25) is 0 Å². The molecule has 2 N–H and O–H groups in total. The standard InChI is InChI=1S/C15H17NO3S/c1-20(17,18)15-4-2-3-14(11-15)19-10-9-12-5-7-13(16)8-6-12/h2-8,11H,9-10,16H2,1H3. The average molecular weight is 291 g/mol. The van der Waals surface area contributed by atoms with Crippen LogP contribution >= 0.6 is 0 Å². The van der Waals surface area contributed by atoms with E-state index in [2.05, 4.69) is 0 Å². The minimum atomic E-state index is -3.20. The van der Waals surface area contributed by atoms with Gasteiger partial charge in [0.05, 0.1) is 11.5 Å². The van der Waals surface area contributed by atoms with Gasteiger partial charge in [0.25, 0.3) is 0 Å². The van der Waals surface area contributed by atoms with E-state index in [-0.39, 0.29) is 4.90 Å². The molecule has 106 valence electrons.